The maximum Gasteiger partial charge on any atom is 0.251 e. The lowest BCUT2D eigenvalue weighted by Crippen LogP contribution is -2.23. The fourth-order valence-electron chi connectivity index (χ4n) is 1.55. The Labute approximate surface area is 98.6 Å². The molecule has 1 aromatic heterocycles. The minimum Gasteiger partial charge on any atom is -0.399 e. The molecule has 0 spiro atoms. The average molecular weight is 231 g/mol. The summed E-state index contributed by atoms with van der Waals surface area (Å²) in [6.07, 6.45) is 1.46. The van der Waals surface area contributed by atoms with Crippen LogP contribution in [-0.4, -0.2) is 11.1 Å². The average Bonchev–Trinajstić information content (AvgIpc) is 2.77. The Morgan fingerprint density at radius 1 is 1.47 bits per heavy atom. The normalized spacial score (nSPS) is 10.2. The van der Waals surface area contributed by atoms with E-state index in [0.29, 0.717) is 23.5 Å². The van der Waals surface area contributed by atoms with Gasteiger partial charge in [-0.25, -0.2) is 0 Å². The zero-order chi connectivity index (χ0) is 12.3. The van der Waals surface area contributed by atoms with Crippen molar-refractivity contribution in [2.45, 2.75) is 13.5 Å². The highest BCUT2D eigenvalue weighted by Crippen LogP contribution is 2.11. The molecular formula is C12H13N3O2. The second-order valence-corrected chi connectivity index (χ2v) is 3.81. The van der Waals surface area contributed by atoms with Crippen LogP contribution in [0.3, 0.4) is 0 Å². The molecule has 0 aliphatic carbocycles. The third kappa shape index (κ3) is 2.84. The number of benzene rings is 1. The van der Waals surface area contributed by atoms with Gasteiger partial charge in [0.2, 0.25) is 0 Å². The number of amides is 1. The summed E-state index contributed by atoms with van der Waals surface area (Å²) in [6, 6.07) is 6.94. The first-order valence-corrected chi connectivity index (χ1v) is 5.20. The summed E-state index contributed by atoms with van der Waals surface area (Å²) in [5.41, 5.74) is 8.44. The van der Waals surface area contributed by atoms with Crippen LogP contribution in [-0.2, 0) is 6.54 Å². The molecule has 5 nitrogen and oxygen atoms in total. The highest BCUT2D eigenvalue weighted by Gasteiger charge is 2.07. The molecule has 0 saturated heterocycles. The molecule has 5 heteroatoms. The van der Waals surface area contributed by atoms with Gasteiger partial charge in [0.1, 0.15) is 12.0 Å². The first kappa shape index (κ1) is 11.2. The van der Waals surface area contributed by atoms with Crippen molar-refractivity contribution in [3.05, 3.63) is 47.3 Å². The molecule has 0 saturated carbocycles. The summed E-state index contributed by atoms with van der Waals surface area (Å²) in [5, 5.41) is 6.44. The molecule has 2 aromatic rings. The van der Waals surface area contributed by atoms with Gasteiger partial charge in [-0.05, 0) is 30.7 Å². The molecule has 0 unspecified atom stereocenters. The van der Waals surface area contributed by atoms with Crippen LogP contribution in [0.2, 0.25) is 0 Å². The Morgan fingerprint density at radius 3 is 2.94 bits per heavy atom. The second-order valence-electron chi connectivity index (χ2n) is 3.81. The van der Waals surface area contributed by atoms with E-state index >= 15 is 0 Å². The molecule has 17 heavy (non-hydrogen) atoms. The molecule has 1 aromatic carbocycles. The monoisotopic (exact) mass is 231 g/mol. The van der Waals surface area contributed by atoms with Crippen LogP contribution < -0.4 is 11.1 Å². The number of nitrogens with one attached hydrogen (secondary N) is 1. The third-order valence-electron chi connectivity index (χ3n) is 2.28. The Bertz CT molecular complexity index is 500. The predicted octanol–water partition coefficient (Wildman–Crippen LogP) is 1.50. The molecule has 1 heterocycles. The van der Waals surface area contributed by atoms with Crippen molar-refractivity contribution in [3.8, 4) is 0 Å². The number of carbonyl (C=O) groups is 1. The van der Waals surface area contributed by atoms with E-state index in [1.807, 2.05) is 13.0 Å². The number of carbonyl (C=O) groups excluding carboxylic acids is 1. The predicted molar refractivity (Wildman–Crippen MR) is 63.3 cm³/mol. The van der Waals surface area contributed by atoms with E-state index in [-0.39, 0.29) is 5.91 Å². The number of anilines is 1. The first-order chi connectivity index (χ1) is 8.15. The molecule has 0 aliphatic heterocycles. The molecule has 0 bridgehead atoms. The van der Waals surface area contributed by atoms with Gasteiger partial charge >= 0.3 is 0 Å². The molecule has 0 fully saturated rings. The third-order valence-corrected chi connectivity index (χ3v) is 2.28. The number of hydrogen-bond donors (Lipinski definition) is 2. The Balaban J connectivity index is 2.04. The number of aryl methyl sites for hydroxylation is 1. The van der Waals surface area contributed by atoms with Gasteiger partial charge in [-0.1, -0.05) is 5.16 Å². The fourth-order valence-corrected chi connectivity index (χ4v) is 1.55. The van der Waals surface area contributed by atoms with Gasteiger partial charge in [0.25, 0.3) is 5.91 Å². The minimum absolute atomic E-state index is 0.177. The Kier molecular flexibility index (Phi) is 3.09. The number of rotatable bonds is 3. The minimum atomic E-state index is -0.177. The number of nitrogens with zero attached hydrogens (tertiary/aromatic N) is 1. The van der Waals surface area contributed by atoms with Crippen LogP contribution in [0.1, 0.15) is 21.6 Å². The van der Waals surface area contributed by atoms with Gasteiger partial charge < -0.3 is 15.6 Å². The van der Waals surface area contributed by atoms with E-state index in [1.54, 1.807) is 18.2 Å². The van der Waals surface area contributed by atoms with Gasteiger partial charge in [-0.15, -0.1) is 0 Å². The zero-order valence-corrected chi connectivity index (χ0v) is 9.43. The summed E-state index contributed by atoms with van der Waals surface area (Å²) < 4.78 is 4.67. The first-order valence-electron chi connectivity index (χ1n) is 5.20. The smallest absolute Gasteiger partial charge is 0.251 e. The lowest BCUT2D eigenvalue weighted by molar-refractivity contribution is 0.0950. The highest BCUT2D eigenvalue weighted by atomic mass is 16.5. The van der Waals surface area contributed by atoms with E-state index < -0.39 is 0 Å². The van der Waals surface area contributed by atoms with Crippen molar-refractivity contribution in [3.63, 3.8) is 0 Å². The van der Waals surface area contributed by atoms with Crippen molar-refractivity contribution >= 4 is 11.6 Å². The summed E-state index contributed by atoms with van der Waals surface area (Å²) >= 11 is 0. The van der Waals surface area contributed by atoms with Gasteiger partial charge in [-0.2, -0.15) is 0 Å². The molecule has 0 aliphatic rings. The molecule has 3 N–H and O–H groups in total. The van der Waals surface area contributed by atoms with E-state index in [9.17, 15) is 4.79 Å². The van der Waals surface area contributed by atoms with Crippen LogP contribution in [0.4, 0.5) is 5.69 Å². The van der Waals surface area contributed by atoms with Crippen molar-refractivity contribution in [2.24, 2.45) is 0 Å². The van der Waals surface area contributed by atoms with Gasteiger partial charge in [0.15, 0.2) is 0 Å². The second kappa shape index (κ2) is 4.69. The van der Waals surface area contributed by atoms with Crippen molar-refractivity contribution in [1.29, 1.82) is 0 Å². The number of aromatic nitrogens is 1. The van der Waals surface area contributed by atoms with Crippen molar-refractivity contribution in [1.82, 2.24) is 10.5 Å². The van der Waals surface area contributed by atoms with E-state index in [0.717, 1.165) is 5.56 Å². The summed E-state index contributed by atoms with van der Waals surface area (Å²) in [6.45, 7) is 2.23. The van der Waals surface area contributed by atoms with Crippen LogP contribution in [0.25, 0.3) is 0 Å². The fraction of sp³-hybridized carbons (Fsp3) is 0.167. The Hall–Kier alpha value is -2.30. The van der Waals surface area contributed by atoms with Crippen LogP contribution in [0.5, 0.6) is 0 Å². The van der Waals surface area contributed by atoms with Crippen LogP contribution in [0.15, 0.2) is 35.1 Å². The molecule has 0 radical (unpaired) electrons. The van der Waals surface area contributed by atoms with E-state index in [4.69, 9.17) is 5.73 Å². The lowest BCUT2D eigenvalue weighted by atomic mass is 10.1. The maximum absolute atomic E-state index is 11.8. The zero-order valence-electron chi connectivity index (χ0n) is 9.43. The van der Waals surface area contributed by atoms with E-state index in [2.05, 4.69) is 15.0 Å². The highest BCUT2D eigenvalue weighted by molar-refractivity contribution is 5.95. The quantitative estimate of drug-likeness (QED) is 0.784. The molecule has 1 amide bonds. The Morgan fingerprint density at radius 2 is 2.29 bits per heavy atom. The maximum atomic E-state index is 11.8. The van der Waals surface area contributed by atoms with E-state index in [1.165, 1.54) is 6.26 Å². The van der Waals surface area contributed by atoms with Gasteiger partial charge in [0.05, 0.1) is 6.54 Å². The van der Waals surface area contributed by atoms with Crippen molar-refractivity contribution in [2.75, 3.05) is 5.73 Å². The standard InChI is InChI=1S/C12H13N3O2/c1-8-4-9(6-10(13)5-8)12(16)14-7-11-2-3-17-15-11/h2-6H,7,13H2,1H3,(H,14,16). The van der Waals surface area contributed by atoms with Gasteiger partial charge in [0, 0.05) is 17.3 Å². The van der Waals surface area contributed by atoms with Gasteiger partial charge in [-0.3, -0.25) is 4.79 Å². The summed E-state index contributed by atoms with van der Waals surface area (Å²) in [7, 11) is 0. The molecule has 88 valence electrons. The summed E-state index contributed by atoms with van der Waals surface area (Å²) in [5.74, 6) is -0.177. The van der Waals surface area contributed by atoms with Crippen LogP contribution >= 0.6 is 0 Å². The number of nitrogens with two attached hydrogens (primary N) is 1. The van der Waals surface area contributed by atoms with Crippen molar-refractivity contribution < 1.29 is 9.32 Å². The topological polar surface area (TPSA) is 81.2 Å². The molecule has 0 atom stereocenters. The molecular weight excluding hydrogens is 218 g/mol. The lowest BCUT2D eigenvalue weighted by Gasteiger charge is -2.05. The number of nitrogen functional groups attached to an aromatic ring is 1. The summed E-state index contributed by atoms with van der Waals surface area (Å²) in [4.78, 5) is 11.8. The van der Waals surface area contributed by atoms with Crippen LogP contribution in [0, 0.1) is 6.92 Å². The SMILES string of the molecule is Cc1cc(N)cc(C(=O)NCc2ccon2)c1. The largest absolute Gasteiger partial charge is 0.399 e. The molecule has 2 rings (SSSR count). The number of hydrogen-bond acceptors (Lipinski definition) is 4.